The molecule has 20 N–H and O–H groups in total. The Bertz CT molecular complexity index is 2720. The second-order valence-corrected chi connectivity index (χ2v) is 29.1. The average molecular weight is 1470 g/mol. The smallest absolute Gasteiger partial charge is 0.322 e. The maximum atomic E-state index is 12.4. The van der Waals surface area contributed by atoms with E-state index in [2.05, 4.69) is 108 Å². The minimum absolute atomic E-state index is 0.00352. The molecule has 0 saturated carbocycles. The molecule has 0 fully saturated rings. The van der Waals surface area contributed by atoms with Gasteiger partial charge in [-0.2, -0.15) is 0 Å². The van der Waals surface area contributed by atoms with Crippen molar-refractivity contribution < 1.29 is 64.9 Å². The summed E-state index contributed by atoms with van der Waals surface area (Å²) in [6.45, 7) is 41.9. The van der Waals surface area contributed by atoms with Crippen molar-refractivity contribution in [2.45, 2.75) is 177 Å². The van der Waals surface area contributed by atoms with Crippen molar-refractivity contribution in [2.24, 2.45) is 31.5 Å². The zero-order valence-corrected chi connectivity index (χ0v) is 65.7. The van der Waals surface area contributed by atoms with Gasteiger partial charge in [0, 0.05) is 134 Å². The van der Waals surface area contributed by atoms with Crippen LogP contribution in [0.1, 0.15) is 141 Å². The van der Waals surface area contributed by atoms with Crippen molar-refractivity contribution >= 4 is 64.2 Å². The molecule has 2 atom stereocenters. The van der Waals surface area contributed by atoms with Gasteiger partial charge in [-0.25, -0.2) is 0 Å². The molecule has 32 heteroatoms. The Balaban J connectivity index is 0. The van der Waals surface area contributed by atoms with Crippen LogP contribution in [0.3, 0.4) is 0 Å². The van der Waals surface area contributed by atoms with Crippen LogP contribution < -0.4 is 69.1 Å². The molecule has 2 aromatic rings. The van der Waals surface area contributed by atoms with Crippen molar-refractivity contribution in [1.29, 1.82) is 0 Å². The third-order valence-electron chi connectivity index (χ3n) is 17.3. The van der Waals surface area contributed by atoms with E-state index in [9.17, 15) is 34.2 Å². The van der Waals surface area contributed by atoms with Gasteiger partial charge in [0.05, 0.1) is 57.3 Å². The summed E-state index contributed by atoms with van der Waals surface area (Å²) in [6.07, 6.45) is 0.741. The van der Waals surface area contributed by atoms with E-state index < -0.39 is 36.9 Å². The number of phenols is 2. The maximum absolute atomic E-state index is 12.4. The van der Waals surface area contributed by atoms with Crippen molar-refractivity contribution in [3.8, 4) is 11.5 Å². The molecule has 102 heavy (non-hydrogen) atoms. The van der Waals surface area contributed by atoms with E-state index in [1.807, 2.05) is 141 Å². The number of carboxylic acid groups (broad SMARTS) is 1. The molecule has 0 aliphatic rings. The number of phenolic OH excluding ortho intramolecular Hbond substituents is 2. The number of hydrogen-bond donors (Lipinski definition) is 20. The summed E-state index contributed by atoms with van der Waals surface area (Å²) in [7, 11) is 7.32. The zero-order chi connectivity index (χ0) is 78.2. The molecule has 0 aromatic heterocycles. The van der Waals surface area contributed by atoms with Crippen LogP contribution in [0.15, 0.2) is 69.2 Å². The molecule has 0 heterocycles. The molecule has 31 nitrogen and oxygen atoms in total. The fourth-order valence-electron chi connectivity index (χ4n) is 9.19. The third-order valence-corrected chi connectivity index (χ3v) is 18.3. The van der Waals surface area contributed by atoms with Crippen LogP contribution in [0.5, 0.6) is 11.5 Å². The summed E-state index contributed by atoms with van der Waals surface area (Å²) in [5, 5.41) is 117. The number of nitrogens with zero attached hydrogens (tertiary/aromatic N) is 5. The molecule has 0 aliphatic carbocycles. The van der Waals surface area contributed by atoms with Gasteiger partial charge in [0.25, 0.3) is 0 Å². The molecule has 0 spiro atoms. The summed E-state index contributed by atoms with van der Waals surface area (Å²) in [5.41, 5.74) is 2.71. The lowest BCUT2D eigenvalue weighted by Crippen LogP contribution is -2.57. The molecule has 0 radical (unpaired) electrons. The highest BCUT2D eigenvalue weighted by molar-refractivity contribution is 8.00. The Hall–Kier alpha value is -6.82. The Morgan fingerprint density at radius 3 is 1.33 bits per heavy atom. The van der Waals surface area contributed by atoms with Gasteiger partial charge in [-0.1, -0.05) is 70.9 Å². The molecule has 0 bridgehead atoms. The minimum atomic E-state index is -1.21. The van der Waals surface area contributed by atoms with Crippen molar-refractivity contribution in [3.05, 3.63) is 59.7 Å². The number of carbonyl (C=O) groups excluding carboxylic acids is 4. The molecular formula is C70H132N18O13S. The Labute approximate surface area is 612 Å². The molecule has 0 aliphatic heterocycles. The number of oxime groups is 4. The van der Waals surface area contributed by atoms with E-state index in [0.29, 0.717) is 60.5 Å². The summed E-state index contributed by atoms with van der Waals surface area (Å²) >= 11 is 1.27. The van der Waals surface area contributed by atoms with Gasteiger partial charge in [-0.3, -0.25) is 28.9 Å². The molecular weight excluding hydrogens is 1330 g/mol. The van der Waals surface area contributed by atoms with Crippen LogP contribution in [0, 0.1) is 10.8 Å². The van der Waals surface area contributed by atoms with E-state index in [-0.39, 0.29) is 68.8 Å². The number of nitrogens with one attached hydrogen (secondary N) is 13. The lowest BCUT2D eigenvalue weighted by Gasteiger charge is -2.37. The fraction of sp³-hybridized carbons (Fsp3) is 0.700. The van der Waals surface area contributed by atoms with Crippen LogP contribution in [-0.2, 0) is 41.8 Å². The second kappa shape index (κ2) is 52.2. The van der Waals surface area contributed by atoms with E-state index >= 15 is 0 Å². The number of para-hydroxylation sites is 2. The zero-order valence-electron chi connectivity index (χ0n) is 64.8. The van der Waals surface area contributed by atoms with E-state index in [1.54, 1.807) is 26.0 Å². The van der Waals surface area contributed by atoms with Crippen LogP contribution in [0.25, 0.3) is 0 Å². The first kappa shape index (κ1) is 97.2. The van der Waals surface area contributed by atoms with Gasteiger partial charge in [0.1, 0.15) is 29.5 Å². The van der Waals surface area contributed by atoms with Crippen LogP contribution in [0.2, 0.25) is 0 Å². The number of amides is 4. The third kappa shape index (κ3) is 43.3. The summed E-state index contributed by atoms with van der Waals surface area (Å²) in [5.74, 6) is -2.31. The number of likely N-dealkylation sites (N-methyl/N-ethyl adjacent to an activating group) is 1. The number of aliphatic carboxylic acids is 1. The Kier molecular flexibility index (Phi) is 49.7. The molecule has 4 amide bonds. The summed E-state index contributed by atoms with van der Waals surface area (Å²) < 4.78 is 5.33. The van der Waals surface area contributed by atoms with Gasteiger partial charge in [0.2, 0.25) is 23.6 Å². The molecule has 2 aromatic carbocycles. The Morgan fingerprint density at radius 2 is 0.951 bits per heavy atom. The van der Waals surface area contributed by atoms with Crippen LogP contribution in [-0.4, -0.2) is 259 Å². The van der Waals surface area contributed by atoms with Crippen molar-refractivity contribution in [1.82, 2.24) is 74.0 Å². The highest BCUT2D eigenvalue weighted by Gasteiger charge is 2.33. The first-order valence-corrected chi connectivity index (χ1v) is 35.7. The van der Waals surface area contributed by atoms with E-state index in [1.165, 1.54) is 18.8 Å². The lowest BCUT2D eigenvalue weighted by atomic mass is 9.86. The highest BCUT2D eigenvalue weighted by atomic mass is 32.2. The molecule has 586 valence electrons. The van der Waals surface area contributed by atoms with Gasteiger partial charge in [-0.15, -0.1) is 11.8 Å². The predicted molar refractivity (Wildman–Crippen MR) is 409 cm³/mol. The number of aromatic hydroxyl groups is 2. The summed E-state index contributed by atoms with van der Waals surface area (Å²) in [4.78, 5) is 60.2. The van der Waals surface area contributed by atoms with E-state index in [0.717, 1.165) is 89.7 Å². The molecule has 2 rings (SSSR count). The number of carboxylic acids is 1. The normalized spacial score (nSPS) is 13.3. The quantitative estimate of drug-likeness (QED) is 0.0195. The fourth-order valence-corrected chi connectivity index (χ4v) is 9.89. The molecule has 0 saturated heterocycles. The highest BCUT2D eigenvalue weighted by Crippen LogP contribution is 2.21. The SMILES string of the molecule is CCOC(C)SCC(=O)NC(CCCC(=O)NC)C(=O)NCC(=O)NCC(=O)O.CNCC(C)(CNC(C)(C)/C(C)=N/O)CNC(C)(C)/C(C)=N/O.CNCC(C)(CNCc1ccccc1O)CNCc1ccccc1O.CNCCN(CCNC(C)(C)/C(C)=N\O)CCNC(C)(C)/C(C)=N\O. The monoisotopic (exact) mass is 1460 g/mol. The predicted octanol–water partition coefficient (Wildman–Crippen LogP) is 3.62. The number of hydrogen-bond acceptors (Lipinski definition) is 27. The Morgan fingerprint density at radius 1 is 0.539 bits per heavy atom. The van der Waals surface area contributed by atoms with Crippen molar-refractivity contribution in [2.75, 3.05) is 132 Å². The van der Waals surface area contributed by atoms with E-state index in [4.69, 9.17) is 30.7 Å². The lowest BCUT2D eigenvalue weighted by molar-refractivity contribution is -0.138. The maximum Gasteiger partial charge on any atom is 0.322 e. The largest absolute Gasteiger partial charge is 0.508 e. The standard InChI is InChI=1S/C20H29N3O2.C17H38N6O2.C17H30N4O7S.C16H35N5O2/c1-20(13-21-2,14-22-11-16-7-3-5-9-18(16)24)15-23-12-17-8-4-6-10-19(17)25;1-14(21-24)16(3,4)19-9-12-23(11-8-18-7)13-10-20-17(5,6)15(2)22-25;1-4-28-11(2)29-10-15(24)21-12(6-5-7-13(22)18-3)17(27)20-8-14(23)19-9-16(25)26;1-12(20-22)14(3,4)18-10-16(7,9-17-8)11-19-15(5,6)13(2)21-23/h3-10,21-25H,11-15H2,1-2H3;18-20,24-25H,8-13H2,1-7H3;11-12H,4-10H2,1-3H3,(H,18,22)(H,19,23)(H,20,27)(H,21,24)(H,25,26);17-19,22-23H,9-11H2,1-8H3/b;21-14-,22-15-;;20-12+,21-13+. The van der Waals surface area contributed by atoms with Gasteiger partial charge < -0.3 is 110 Å². The minimum Gasteiger partial charge on any atom is -0.508 e. The van der Waals surface area contributed by atoms with Crippen LogP contribution in [0.4, 0.5) is 0 Å². The first-order chi connectivity index (χ1) is 47.8. The topological polar surface area (TPSA) is 445 Å². The van der Waals surface area contributed by atoms with Gasteiger partial charge >= 0.3 is 5.97 Å². The second-order valence-electron chi connectivity index (χ2n) is 27.8. The van der Waals surface area contributed by atoms with Crippen molar-refractivity contribution in [3.63, 3.8) is 0 Å². The summed E-state index contributed by atoms with van der Waals surface area (Å²) in [6, 6.07) is 13.8. The van der Waals surface area contributed by atoms with Crippen LogP contribution >= 0.6 is 11.8 Å². The first-order valence-electron chi connectivity index (χ1n) is 34.6. The van der Waals surface area contributed by atoms with Gasteiger partial charge in [0.15, 0.2) is 0 Å². The number of carbonyl (C=O) groups is 5. The number of benzene rings is 2. The number of rotatable bonds is 48. The molecule has 2 unspecified atom stereocenters. The number of ether oxygens (including phenoxy) is 1. The number of thioether (sulfide) groups is 1. The average Bonchev–Trinajstić information content (AvgIpc) is 0.845. The van der Waals surface area contributed by atoms with Gasteiger partial charge in [-0.05, 0) is 143 Å².